The van der Waals surface area contributed by atoms with Crippen LogP contribution in [0.5, 0.6) is 0 Å². The highest BCUT2D eigenvalue weighted by atomic mass is 32.2. The molecular weight excluding hydrogens is 390 g/mol. The normalized spacial score (nSPS) is 11.4. The Bertz CT molecular complexity index is 1260. The highest BCUT2D eigenvalue weighted by molar-refractivity contribution is 7.90. The maximum atomic E-state index is 12.6. The van der Waals surface area contributed by atoms with Gasteiger partial charge in [-0.15, -0.1) is 5.10 Å². The van der Waals surface area contributed by atoms with Gasteiger partial charge in [-0.1, -0.05) is 71.8 Å². The molecule has 0 aliphatic rings. The van der Waals surface area contributed by atoms with E-state index in [1.807, 2.05) is 30.3 Å². The average Bonchev–Trinajstić information content (AvgIpc) is 3.22. The fraction of sp³-hybridized carbons (Fsp3) is 0.0952. The summed E-state index contributed by atoms with van der Waals surface area (Å²) >= 11 is 0. The van der Waals surface area contributed by atoms with Crippen molar-refractivity contribution < 1.29 is 17.6 Å². The maximum Gasteiger partial charge on any atom is 0.335 e. The molecule has 0 atom stereocenters. The summed E-state index contributed by atoms with van der Waals surface area (Å²) in [6.07, 6.45) is 0. The second-order valence-electron chi connectivity index (χ2n) is 6.42. The van der Waals surface area contributed by atoms with Crippen molar-refractivity contribution in [2.75, 3.05) is 0 Å². The molecule has 1 amide bonds. The Balaban J connectivity index is 1.46. The second-order valence-corrected chi connectivity index (χ2v) is 8.28. The molecule has 3 aromatic carbocycles. The Morgan fingerprint density at radius 3 is 2.45 bits per heavy atom. The van der Waals surface area contributed by atoms with E-state index in [4.69, 9.17) is 4.42 Å². The molecular formula is C21H17N3O4S. The standard InChI is InChI=1S/C21H17N3O4S/c25-20(18-12-6-10-16-9-4-5-11-17(16)18)22-13-19-23-24-21(28-19)29(26,27)14-15-7-2-1-3-8-15/h1-12H,13-14H2,(H,22,25). The number of nitrogens with zero attached hydrogens (tertiary/aromatic N) is 2. The van der Waals surface area contributed by atoms with Gasteiger partial charge in [0.05, 0.1) is 12.3 Å². The first-order valence-electron chi connectivity index (χ1n) is 8.88. The summed E-state index contributed by atoms with van der Waals surface area (Å²) < 4.78 is 30.1. The maximum absolute atomic E-state index is 12.6. The van der Waals surface area contributed by atoms with Crippen molar-refractivity contribution in [3.8, 4) is 0 Å². The molecule has 4 rings (SSSR count). The topological polar surface area (TPSA) is 102 Å². The molecule has 0 fully saturated rings. The molecule has 1 heterocycles. The van der Waals surface area contributed by atoms with Crippen LogP contribution in [-0.2, 0) is 22.1 Å². The Labute approximate surface area is 167 Å². The van der Waals surface area contributed by atoms with E-state index in [9.17, 15) is 13.2 Å². The highest BCUT2D eigenvalue weighted by Gasteiger charge is 2.23. The van der Waals surface area contributed by atoms with Crippen LogP contribution in [-0.4, -0.2) is 24.5 Å². The number of benzene rings is 3. The van der Waals surface area contributed by atoms with Gasteiger partial charge < -0.3 is 9.73 Å². The van der Waals surface area contributed by atoms with Crippen molar-refractivity contribution in [3.63, 3.8) is 0 Å². The van der Waals surface area contributed by atoms with Crippen molar-refractivity contribution in [2.24, 2.45) is 0 Å². The van der Waals surface area contributed by atoms with E-state index >= 15 is 0 Å². The number of hydrogen-bond acceptors (Lipinski definition) is 6. The van der Waals surface area contributed by atoms with Crippen molar-refractivity contribution >= 4 is 26.5 Å². The molecule has 0 unspecified atom stereocenters. The first kappa shape index (κ1) is 18.8. The van der Waals surface area contributed by atoms with Gasteiger partial charge in [0.2, 0.25) is 15.7 Å². The van der Waals surface area contributed by atoms with Gasteiger partial charge in [-0.25, -0.2) is 8.42 Å². The summed E-state index contributed by atoms with van der Waals surface area (Å²) in [5.74, 6) is -0.531. The highest BCUT2D eigenvalue weighted by Crippen LogP contribution is 2.19. The molecule has 0 aliphatic carbocycles. The minimum Gasteiger partial charge on any atom is -0.411 e. The lowest BCUT2D eigenvalue weighted by molar-refractivity contribution is 0.0948. The Hall–Kier alpha value is -3.52. The van der Waals surface area contributed by atoms with Gasteiger partial charge in [0.15, 0.2) is 0 Å². The number of fused-ring (bicyclic) bond motifs is 1. The third-order valence-corrected chi connectivity index (χ3v) is 5.76. The van der Waals surface area contributed by atoms with Crippen LogP contribution in [0, 0.1) is 0 Å². The number of rotatable bonds is 6. The number of amides is 1. The average molecular weight is 407 g/mol. The molecule has 29 heavy (non-hydrogen) atoms. The molecule has 8 heteroatoms. The minimum atomic E-state index is -3.77. The lowest BCUT2D eigenvalue weighted by atomic mass is 10.0. The van der Waals surface area contributed by atoms with Crippen LogP contribution in [0.2, 0.25) is 0 Å². The van der Waals surface area contributed by atoms with Crippen LogP contribution in [0.3, 0.4) is 0 Å². The summed E-state index contributed by atoms with van der Waals surface area (Å²) in [6.45, 7) is -0.0735. The molecule has 1 aromatic heterocycles. The summed E-state index contributed by atoms with van der Waals surface area (Å²) in [5.41, 5.74) is 1.14. The van der Waals surface area contributed by atoms with Crippen LogP contribution < -0.4 is 5.32 Å². The number of carbonyl (C=O) groups is 1. The fourth-order valence-corrected chi connectivity index (χ4v) is 4.11. The van der Waals surface area contributed by atoms with Gasteiger partial charge in [-0.2, -0.15) is 0 Å². The SMILES string of the molecule is O=C(NCc1nnc(S(=O)(=O)Cc2ccccc2)o1)c1cccc2ccccc12. The Morgan fingerprint density at radius 2 is 1.62 bits per heavy atom. The summed E-state index contributed by atoms with van der Waals surface area (Å²) in [7, 11) is -3.77. The van der Waals surface area contributed by atoms with E-state index < -0.39 is 15.1 Å². The van der Waals surface area contributed by atoms with Gasteiger partial charge in [0.25, 0.3) is 5.91 Å². The smallest absolute Gasteiger partial charge is 0.335 e. The van der Waals surface area contributed by atoms with Crippen molar-refractivity contribution in [2.45, 2.75) is 17.5 Å². The van der Waals surface area contributed by atoms with E-state index in [-0.39, 0.29) is 24.1 Å². The van der Waals surface area contributed by atoms with Gasteiger partial charge in [0, 0.05) is 5.56 Å². The summed E-state index contributed by atoms with van der Waals surface area (Å²) in [5, 5.41) is 11.4. The lowest BCUT2D eigenvalue weighted by Gasteiger charge is -2.06. The Morgan fingerprint density at radius 1 is 0.897 bits per heavy atom. The van der Waals surface area contributed by atoms with Gasteiger partial charge >= 0.3 is 5.22 Å². The van der Waals surface area contributed by atoms with Gasteiger partial charge in [-0.3, -0.25) is 4.79 Å². The van der Waals surface area contributed by atoms with Crippen molar-refractivity contribution in [1.29, 1.82) is 0 Å². The second kappa shape index (κ2) is 7.84. The molecule has 4 aromatic rings. The van der Waals surface area contributed by atoms with E-state index in [2.05, 4.69) is 15.5 Å². The number of nitrogens with one attached hydrogen (secondary N) is 1. The molecule has 1 N–H and O–H groups in total. The number of hydrogen-bond donors (Lipinski definition) is 1. The largest absolute Gasteiger partial charge is 0.411 e. The molecule has 146 valence electrons. The lowest BCUT2D eigenvalue weighted by Crippen LogP contribution is -2.23. The predicted molar refractivity (Wildman–Crippen MR) is 107 cm³/mol. The van der Waals surface area contributed by atoms with Crippen LogP contribution in [0.4, 0.5) is 0 Å². The number of aromatic nitrogens is 2. The van der Waals surface area contributed by atoms with Gasteiger partial charge in [-0.05, 0) is 22.4 Å². The molecule has 7 nitrogen and oxygen atoms in total. The zero-order chi connectivity index (χ0) is 20.3. The van der Waals surface area contributed by atoms with Crippen LogP contribution in [0.15, 0.2) is 82.4 Å². The molecule has 0 aliphatic heterocycles. The Kier molecular flexibility index (Phi) is 5.09. The van der Waals surface area contributed by atoms with E-state index in [0.717, 1.165) is 10.8 Å². The zero-order valence-electron chi connectivity index (χ0n) is 15.3. The third kappa shape index (κ3) is 4.17. The van der Waals surface area contributed by atoms with E-state index in [0.29, 0.717) is 11.1 Å². The summed E-state index contributed by atoms with van der Waals surface area (Å²) in [6, 6.07) is 21.7. The fourth-order valence-electron chi connectivity index (χ4n) is 2.97. The molecule has 0 bridgehead atoms. The van der Waals surface area contributed by atoms with E-state index in [1.54, 1.807) is 42.5 Å². The number of carbonyl (C=O) groups excluding carboxylic acids is 1. The monoisotopic (exact) mass is 407 g/mol. The molecule has 0 radical (unpaired) electrons. The summed E-state index contributed by atoms with van der Waals surface area (Å²) in [4.78, 5) is 12.6. The van der Waals surface area contributed by atoms with Crippen molar-refractivity contribution in [1.82, 2.24) is 15.5 Å². The third-order valence-electron chi connectivity index (χ3n) is 4.35. The van der Waals surface area contributed by atoms with Crippen LogP contribution >= 0.6 is 0 Å². The first-order chi connectivity index (χ1) is 14.0. The van der Waals surface area contributed by atoms with Crippen molar-refractivity contribution in [3.05, 3.63) is 89.8 Å². The quantitative estimate of drug-likeness (QED) is 0.527. The van der Waals surface area contributed by atoms with Gasteiger partial charge in [0.1, 0.15) is 0 Å². The number of sulfone groups is 1. The zero-order valence-corrected chi connectivity index (χ0v) is 16.1. The molecule has 0 saturated carbocycles. The molecule has 0 saturated heterocycles. The predicted octanol–water partition coefficient (Wildman–Crippen LogP) is 3.13. The van der Waals surface area contributed by atoms with Crippen LogP contribution in [0.1, 0.15) is 21.8 Å². The van der Waals surface area contributed by atoms with Crippen LogP contribution in [0.25, 0.3) is 10.8 Å². The minimum absolute atomic E-state index is 0.0187. The first-order valence-corrected chi connectivity index (χ1v) is 10.5. The molecule has 0 spiro atoms. The van der Waals surface area contributed by atoms with E-state index in [1.165, 1.54) is 0 Å².